The van der Waals surface area contributed by atoms with E-state index in [0.29, 0.717) is 0 Å². The summed E-state index contributed by atoms with van der Waals surface area (Å²) in [5, 5.41) is 11.5. The molecule has 3 heteroatoms. The predicted octanol–water partition coefficient (Wildman–Crippen LogP) is 1.30. The van der Waals surface area contributed by atoms with Crippen LogP contribution in [0.15, 0.2) is 42.6 Å². The van der Waals surface area contributed by atoms with Gasteiger partial charge in [-0.15, -0.1) is 0 Å². The molecule has 92 valence electrons. The van der Waals surface area contributed by atoms with Crippen molar-refractivity contribution in [3.8, 4) is 0 Å². The SMILES string of the molecule is C1=C[n+]2cc3ccccc3cc2CC1.CC(=O)[O-]. The number of carbonyl (C=O) groups is 1. The van der Waals surface area contributed by atoms with Gasteiger partial charge in [-0.2, -0.15) is 4.57 Å². The number of fused-ring (bicyclic) bond motifs is 2. The number of carboxylic acids is 1. The smallest absolute Gasteiger partial charge is 0.187 e. The van der Waals surface area contributed by atoms with Gasteiger partial charge < -0.3 is 9.90 Å². The number of carboxylic acid groups (broad SMARTS) is 1. The maximum atomic E-state index is 8.89. The van der Waals surface area contributed by atoms with Gasteiger partial charge in [-0.25, -0.2) is 0 Å². The summed E-state index contributed by atoms with van der Waals surface area (Å²) in [6.07, 6.45) is 8.91. The zero-order chi connectivity index (χ0) is 13.0. The Kier molecular flexibility index (Phi) is 3.72. The van der Waals surface area contributed by atoms with Gasteiger partial charge in [-0.05, 0) is 30.9 Å². The van der Waals surface area contributed by atoms with Gasteiger partial charge in [-0.1, -0.05) is 18.2 Å². The zero-order valence-electron chi connectivity index (χ0n) is 10.3. The Morgan fingerprint density at radius 2 is 1.94 bits per heavy atom. The molecule has 0 aliphatic carbocycles. The number of hydrogen-bond acceptors (Lipinski definition) is 2. The van der Waals surface area contributed by atoms with Gasteiger partial charge in [0.15, 0.2) is 18.1 Å². The van der Waals surface area contributed by atoms with Gasteiger partial charge in [0, 0.05) is 23.8 Å². The van der Waals surface area contributed by atoms with E-state index in [-0.39, 0.29) is 0 Å². The number of rotatable bonds is 0. The summed E-state index contributed by atoms with van der Waals surface area (Å²) in [5.74, 6) is -1.08. The van der Waals surface area contributed by atoms with E-state index >= 15 is 0 Å². The zero-order valence-corrected chi connectivity index (χ0v) is 10.3. The molecule has 0 bridgehead atoms. The standard InChI is InChI=1S/C13H12N.C2H4O2/c1-2-6-12-10-14-8-4-3-7-13(14)9-11(12)5-1;1-2(3)4/h1-2,4-6,8-10H,3,7H2;1H3,(H,3,4)/q+1;/p-1. The van der Waals surface area contributed by atoms with Gasteiger partial charge >= 0.3 is 0 Å². The minimum Gasteiger partial charge on any atom is -0.550 e. The molecule has 0 amide bonds. The number of aromatic nitrogens is 1. The van der Waals surface area contributed by atoms with Crippen LogP contribution in [0.1, 0.15) is 19.0 Å². The van der Waals surface area contributed by atoms with Crippen LogP contribution in [0.3, 0.4) is 0 Å². The molecule has 1 aromatic heterocycles. The van der Waals surface area contributed by atoms with Crippen molar-refractivity contribution in [2.45, 2.75) is 19.8 Å². The van der Waals surface area contributed by atoms with Crippen LogP contribution in [0, 0.1) is 0 Å². The molecule has 0 spiro atoms. The molecule has 1 aromatic carbocycles. The molecule has 18 heavy (non-hydrogen) atoms. The van der Waals surface area contributed by atoms with E-state index in [1.807, 2.05) is 0 Å². The first-order valence-corrected chi connectivity index (χ1v) is 5.94. The lowest BCUT2D eigenvalue weighted by Crippen LogP contribution is -2.33. The maximum Gasteiger partial charge on any atom is 0.187 e. The molecule has 0 radical (unpaired) electrons. The quantitative estimate of drug-likeness (QED) is 0.652. The normalized spacial score (nSPS) is 12.5. The van der Waals surface area contributed by atoms with Crippen LogP contribution in [0.25, 0.3) is 17.0 Å². The molecule has 3 rings (SSSR count). The molecule has 2 aromatic rings. The minimum absolute atomic E-state index is 0.972. The van der Waals surface area contributed by atoms with Crippen LogP contribution in [-0.2, 0) is 11.2 Å². The van der Waals surface area contributed by atoms with Crippen molar-refractivity contribution in [3.63, 3.8) is 0 Å². The number of aryl methyl sites for hydroxylation is 1. The summed E-state index contributed by atoms with van der Waals surface area (Å²) in [7, 11) is 0. The molecule has 0 saturated heterocycles. The molecule has 0 atom stereocenters. The van der Waals surface area contributed by atoms with Gasteiger partial charge in [0.05, 0.1) is 0 Å². The van der Waals surface area contributed by atoms with E-state index < -0.39 is 5.97 Å². The maximum absolute atomic E-state index is 8.89. The second-order valence-corrected chi connectivity index (χ2v) is 4.22. The van der Waals surface area contributed by atoms with Crippen LogP contribution in [-0.4, -0.2) is 5.97 Å². The highest BCUT2D eigenvalue weighted by Crippen LogP contribution is 2.15. The number of aliphatic carboxylic acids is 1. The fourth-order valence-corrected chi connectivity index (χ4v) is 2.01. The molecule has 1 aliphatic rings. The van der Waals surface area contributed by atoms with E-state index in [2.05, 4.69) is 53.4 Å². The second-order valence-electron chi connectivity index (χ2n) is 4.22. The number of nitrogens with zero attached hydrogens (tertiary/aromatic N) is 1. The van der Waals surface area contributed by atoms with E-state index in [4.69, 9.17) is 9.90 Å². The highest BCUT2D eigenvalue weighted by atomic mass is 16.4. The average molecular weight is 241 g/mol. The Morgan fingerprint density at radius 3 is 2.67 bits per heavy atom. The molecular weight excluding hydrogens is 226 g/mol. The highest BCUT2D eigenvalue weighted by molar-refractivity contribution is 5.81. The molecule has 0 unspecified atom stereocenters. The Balaban J connectivity index is 0.000000267. The molecule has 0 saturated carbocycles. The van der Waals surface area contributed by atoms with Crippen molar-refractivity contribution >= 4 is 22.9 Å². The highest BCUT2D eigenvalue weighted by Gasteiger charge is 2.12. The summed E-state index contributed by atoms with van der Waals surface area (Å²) in [6, 6.07) is 10.8. The Labute approximate surface area is 106 Å². The minimum atomic E-state index is -1.08. The molecule has 0 N–H and O–H groups in total. The topological polar surface area (TPSA) is 44.0 Å². The molecule has 3 nitrogen and oxygen atoms in total. The first kappa shape index (κ1) is 12.3. The number of carbonyl (C=O) groups excluding carboxylic acids is 1. The van der Waals surface area contributed by atoms with Gasteiger partial charge in [-0.3, -0.25) is 0 Å². The molecular formula is C15H15NO2. The average Bonchev–Trinajstić information content (AvgIpc) is 2.35. The first-order chi connectivity index (χ1) is 8.66. The van der Waals surface area contributed by atoms with Crippen molar-refractivity contribution in [1.82, 2.24) is 0 Å². The van der Waals surface area contributed by atoms with Crippen molar-refractivity contribution < 1.29 is 14.5 Å². The van der Waals surface area contributed by atoms with Crippen LogP contribution in [0.2, 0.25) is 0 Å². The van der Waals surface area contributed by atoms with Crippen LogP contribution >= 0.6 is 0 Å². The summed E-state index contributed by atoms with van der Waals surface area (Å²) in [5.41, 5.74) is 1.41. The third-order valence-corrected chi connectivity index (χ3v) is 2.76. The number of hydrogen-bond donors (Lipinski definition) is 0. The van der Waals surface area contributed by atoms with Crippen molar-refractivity contribution in [1.29, 1.82) is 0 Å². The third kappa shape index (κ3) is 2.94. The molecule has 0 fully saturated rings. The number of pyridine rings is 1. The Morgan fingerprint density at radius 1 is 1.28 bits per heavy atom. The fourth-order valence-electron chi connectivity index (χ4n) is 2.01. The van der Waals surface area contributed by atoms with Crippen LogP contribution in [0.5, 0.6) is 0 Å². The van der Waals surface area contributed by atoms with Gasteiger partial charge in [0.2, 0.25) is 0 Å². The van der Waals surface area contributed by atoms with Crippen molar-refractivity contribution in [3.05, 3.63) is 48.3 Å². The lowest BCUT2D eigenvalue weighted by molar-refractivity contribution is -0.577. The lowest BCUT2D eigenvalue weighted by Gasteiger charge is -2.04. The fraction of sp³-hybridized carbons (Fsp3) is 0.200. The third-order valence-electron chi connectivity index (χ3n) is 2.76. The second kappa shape index (κ2) is 5.45. The largest absolute Gasteiger partial charge is 0.550 e. The van der Waals surface area contributed by atoms with Gasteiger partial charge in [0.1, 0.15) is 0 Å². The van der Waals surface area contributed by atoms with Crippen molar-refractivity contribution in [2.24, 2.45) is 0 Å². The lowest BCUT2D eigenvalue weighted by atomic mass is 10.1. The van der Waals surface area contributed by atoms with E-state index in [1.54, 1.807) is 0 Å². The van der Waals surface area contributed by atoms with E-state index in [0.717, 1.165) is 13.3 Å². The first-order valence-electron chi connectivity index (χ1n) is 5.94. The van der Waals surface area contributed by atoms with Crippen molar-refractivity contribution in [2.75, 3.05) is 0 Å². The summed E-state index contributed by atoms with van der Waals surface area (Å²) < 4.78 is 2.23. The van der Waals surface area contributed by atoms with Gasteiger partial charge in [0.25, 0.3) is 0 Å². The molecule has 1 aliphatic heterocycles. The van der Waals surface area contributed by atoms with Crippen LogP contribution in [0.4, 0.5) is 0 Å². The summed E-state index contributed by atoms with van der Waals surface area (Å²) in [4.78, 5) is 8.89. The number of allylic oxidation sites excluding steroid dienone is 1. The number of benzene rings is 1. The van der Waals surface area contributed by atoms with Crippen LogP contribution < -0.4 is 9.67 Å². The van der Waals surface area contributed by atoms with E-state index in [1.165, 1.54) is 22.9 Å². The summed E-state index contributed by atoms with van der Waals surface area (Å²) >= 11 is 0. The summed E-state index contributed by atoms with van der Waals surface area (Å²) in [6.45, 7) is 0.972. The predicted molar refractivity (Wildman–Crippen MR) is 68.5 cm³/mol. The molecule has 2 heterocycles. The Bertz CT molecular complexity index is 598. The van der Waals surface area contributed by atoms with E-state index in [9.17, 15) is 0 Å². The Hall–Kier alpha value is -2.16. The monoisotopic (exact) mass is 241 g/mol.